The lowest BCUT2D eigenvalue weighted by atomic mass is 9.80. The van der Waals surface area contributed by atoms with Crippen molar-refractivity contribution in [2.45, 2.75) is 18.4 Å². The fourth-order valence-corrected chi connectivity index (χ4v) is 3.31. The highest BCUT2D eigenvalue weighted by Crippen LogP contribution is 2.42. The molecule has 1 aliphatic rings. The largest absolute Gasteiger partial charge is 0.508 e. The number of hydrogen-bond donors (Lipinski definition) is 2. The number of benzene rings is 2. The quantitative estimate of drug-likeness (QED) is 0.909. The van der Waals surface area contributed by atoms with E-state index in [-0.39, 0.29) is 5.75 Å². The van der Waals surface area contributed by atoms with E-state index in [0.717, 1.165) is 35.2 Å². The van der Waals surface area contributed by atoms with E-state index in [1.165, 1.54) is 0 Å². The SMILES string of the molecule is CN(C)CCCC1(O)c2ccccc2C=Cc2ccc(O)cc21. The molecule has 0 spiro atoms. The third kappa shape index (κ3) is 3.03. The van der Waals surface area contributed by atoms with Crippen LogP contribution in [0.1, 0.15) is 35.1 Å². The van der Waals surface area contributed by atoms with Crippen molar-refractivity contribution < 1.29 is 10.2 Å². The lowest BCUT2D eigenvalue weighted by Gasteiger charge is -2.31. The van der Waals surface area contributed by atoms with Crippen molar-refractivity contribution in [2.75, 3.05) is 20.6 Å². The maximum Gasteiger partial charge on any atom is 0.116 e. The molecule has 3 heteroatoms. The number of rotatable bonds is 4. The smallest absolute Gasteiger partial charge is 0.116 e. The van der Waals surface area contributed by atoms with Crippen molar-refractivity contribution in [3.05, 3.63) is 64.7 Å². The molecule has 0 bridgehead atoms. The van der Waals surface area contributed by atoms with Crippen molar-refractivity contribution in [1.82, 2.24) is 4.90 Å². The number of phenols is 1. The molecule has 3 nitrogen and oxygen atoms in total. The molecule has 0 radical (unpaired) electrons. The van der Waals surface area contributed by atoms with Crippen LogP contribution in [0.5, 0.6) is 5.75 Å². The van der Waals surface area contributed by atoms with Crippen molar-refractivity contribution >= 4 is 12.2 Å². The zero-order chi connectivity index (χ0) is 16.4. The summed E-state index contributed by atoms with van der Waals surface area (Å²) in [6, 6.07) is 13.2. The molecular formula is C20H23NO2. The van der Waals surface area contributed by atoms with Crippen LogP contribution in [0.25, 0.3) is 12.2 Å². The molecule has 0 aliphatic heterocycles. The van der Waals surface area contributed by atoms with Crippen molar-refractivity contribution in [3.63, 3.8) is 0 Å². The number of nitrogens with zero attached hydrogens (tertiary/aromatic N) is 1. The van der Waals surface area contributed by atoms with Crippen LogP contribution in [0.15, 0.2) is 42.5 Å². The second-order valence-corrected chi connectivity index (χ2v) is 6.46. The molecule has 0 saturated heterocycles. The van der Waals surface area contributed by atoms with Gasteiger partial charge in [-0.15, -0.1) is 0 Å². The van der Waals surface area contributed by atoms with E-state index in [1.54, 1.807) is 12.1 Å². The molecule has 23 heavy (non-hydrogen) atoms. The van der Waals surface area contributed by atoms with Crippen LogP contribution >= 0.6 is 0 Å². The van der Waals surface area contributed by atoms with Gasteiger partial charge in [0.15, 0.2) is 0 Å². The van der Waals surface area contributed by atoms with Crippen LogP contribution in [0.2, 0.25) is 0 Å². The maximum atomic E-state index is 11.6. The first kappa shape index (κ1) is 15.8. The molecule has 0 saturated carbocycles. The van der Waals surface area contributed by atoms with Crippen molar-refractivity contribution in [1.29, 1.82) is 0 Å². The van der Waals surface area contributed by atoms with Gasteiger partial charge in [-0.1, -0.05) is 42.5 Å². The number of aliphatic hydroxyl groups is 1. The summed E-state index contributed by atoms with van der Waals surface area (Å²) in [4.78, 5) is 2.12. The summed E-state index contributed by atoms with van der Waals surface area (Å²) in [5.41, 5.74) is 2.56. The minimum atomic E-state index is -1.09. The first-order valence-electron chi connectivity index (χ1n) is 7.99. The molecule has 120 valence electrons. The first-order valence-corrected chi connectivity index (χ1v) is 7.99. The van der Waals surface area contributed by atoms with Gasteiger partial charge in [0.1, 0.15) is 11.4 Å². The molecule has 1 unspecified atom stereocenters. The van der Waals surface area contributed by atoms with Gasteiger partial charge in [-0.05, 0) is 67.9 Å². The Bertz CT molecular complexity index is 736. The molecule has 2 aromatic rings. The van der Waals surface area contributed by atoms with E-state index in [2.05, 4.69) is 4.90 Å². The predicted molar refractivity (Wildman–Crippen MR) is 94.3 cm³/mol. The topological polar surface area (TPSA) is 43.7 Å². The Morgan fingerprint density at radius 1 is 0.957 bits per heavy atom. The Morgan fingerprint density at radius 3 is 2.39 bits per heavy atom. The first-order chi connectivity index (χ1) is 11.0. The molecular weight excluding hydrogens is 286 g/mol. The average Bonchev–Trinajstić information content (AvgIpc) is 2.64. The van der Waals surface area contributed by atoms with Crippen molar-refractivity contribution in [2.24, 2.45) is 0 Å². The van der Waals surface area contributed by atoms with Gasteiger partial charge in [-0.3, -0.25) is 0 Å². The Hall–Kier alpha value is -2.10. The van der Waals surface area contributed by atoms with Gasteiger partial charge in [-0.25, -0.2) is 0 Å². The highest BCUT2D eigenvalue weighted by atomic mass is 16.3. The summed E-state index contributed by atoms with van der Waals surface area (Å²) in [5.74, 6) is 0.183. The summed E-state index contributed by atoms with van der Waals surface area (Å²) >= 11 is 0. The third-order valence-corrected chi connectivity index (χ3v) is 4.48. The summed E-state index contributed by atoms with van der Waals surface area (Å²) < 4.78 is 0. The number of fused-ring (bicyclic) bond motifs is 2. The van der Waals surface area contributed by atoms with Gasteiger partial charge in [0, 0.05) is 0 Å². The summed E-state index contributed by atoms with van der Waals surface area (Å²) in [7, 11) is 4.07. The Morgan fingerprint density at radius 2 is 1.65 bits per heavy atom. The van der Waals surface area contributed by atoms with Crippen LogP contribution in [-0.4, -0.2) is 35.8 Å². The predicted octanol–water partition coefficient (Wildman–Crippen LogP) is 3.45. The van der Waals surface area contributed by atoms with Crippen LogP contribution in [-0.2, 0) is 5.60 Å². The fraction of sp³-hybridized carbons (Fsp3) is 0.300. The maximum absolute atomic E-state index is 11.6. The highest BCUT2D eigenvalue weighted by Gasteiger charge is 2.35. The van der Waals surface area contributed by atoms with E-state index < -0.39 is 5.60 Å². The summed E-state index contributed by atoms with van der Waals surface area (Å²) in [5, 5.41) is 21.6. The van der Waals surface area contributed by atoms with Gasteiger partial charge in [0.2, 0.25) is 0 Å². The molecule has 2 aromatic carbocycles. The number of phenolic OH excluding ortho intramolecular Hbond substituents is 1. The zero-order valence-corrected chi connectivity index (χ0v) is 13.7. The molecule has 2 N–H and O–H groups in total. The summed E-state index contributed by atoms with van der Waals surface area (Å²) in [6.07, 6.45) is 5.53. The molecule has 1 aliphatic carbocycles. The van der Waals surface area contributed by atoms with E-state index >= 15 is 0 Å². The summed E-state index contributed by atoms with van der Waals surface area (Å²) in [6.45, 7) is 0.909. The lowest BCUT2D eigenvalue weighted by molar-refractivity contribution is 0.0661. The molecule has 0 amide bonds. The standard InChI is InChI=1S/C20H23NO2/c1-21(2)13-5-12-20(23)18-7-4-3-6-15(18)8-9-16-10-11-17(22)14-19(16)20/h3-4,6-11,14,22-23H,5,12-13H2,1-2H3. The second kappa shape index (κ2) is 6.19. The molecule has 0 heterocycles. The Balaban J connectivity index is 2.12. The second-order valence-electron chi connectivity index (χ2n) is 6.46. The average molecular weight is 309 g/mol. The van der Waals surface area contributed by atoms with Gasteiger partial charge in [-0.2, -0.15) is 0 Å². The number of aromatic hydroxyl groups is 1. The molecule has 0 fully saturated rings. The molecule has 0 aromatic heterocycles. The minimum absolute atomic E-state index is 0.183. The molecule has 1 atom stereocenters. The third-order valence-electron chi connectivity index (χ3n) is 4.48. The Labute approximate surface area is 137 Å². The lowest BCUT2D eigenvalue weighted by Crippen LogP contribution is -2.30. The van der Waals surface area contributed by atoms with E-state index in [9.17, 15) is 10.2 Å². The van der Waals surface area contributed by atoms with Crippen LogP contribution < -0.4 is 0 Å². The van der Waals surface area contributed by atoms with Crippen LogP contribution in [0, 0.1) is 0 Å². The number of hydrogen-bond acceptors (Lipinski definition) is 3. The minimum Gasteiger partial charge on any atom is -0.508 e. The van der Waals surface area contributed by atoms with E-state index in [4.69, 9.17) is 0 Å². The van der Waals surface area contributed by atoms with Crippen LogP contribution in [0.3, 0.4) is 0 Å². The fourth-order valence-electron chi connectivity index (χ4n) is 3.31. The monoisotopic (exact) mass is 309 g/mol. The van der Waals surface area contributed by atoms with E-state index in [0.29, 0.717) is 6.42 Å². The van der Waals surface area contributed by atoms with Crippen molar-refractivity contribution in [3.8, 4) is 5.75 Å². The van der Waals surface area contributed by atoms with Gasteiger partial charge >= 0.3 is 0 Å². The van der Waals surface area contributed by atoms with Gasteiger partial charge in [0.05, 0.1) is 0 Å². The highest BCUT2D eigenvalue weighted by molar-refractivity contribution is 5.77. The molecule has 3 rings (SSSR count). The Kier molecular flexibility index (Phi) is 4.24. The van der Waals surface area contributed by atoms with E-state index in [1.807, 2.05) is 56.6 Å². The van der Waals surface area contributed by atoms with Crippen LogP contribution in [0.4, 0.5) is 0 Å². The van der Waals surface area contributed by atoms with Gasteiger partial charge < -0.3 is 15.1 Å². The zero-order valence-electron chi connectivity index (χ0n) is 13.7. The van der Waals surface area contributed by atoms with Gasteiger partial charge in [0.25, 0.3) is 0 Å². The normalized spacial score (nSPS) is 19.3.